The van der Waals surface area contributed by atoms with Crippen LogP contribution in [0, 0.1) is 18.2 Å². The second-order valence-electron chi connectivity index (χ2n) is 7.38. The Hall–Kier alpha value is -2.28. The van der Waals surface area contributed by atoms with E-state index in [1.54, 1.807) is 22.5 Å². The van der Waals surface area contributed by atoms with Crippen molar-refractivity contribution >= 4 is 28.8 Å². The van der Waals surface area contributed by atoms with E-state index in [0.29, 0.717) is 37.4 Å². The molecule has 27 heavy (non-hydrogen) atoms. The van der Waals surface area contributed by atoms with E-state index in [-0.39, 0.29) is 17.6 Å². The third-order valence-corrected chi connectivity index (χ3v) is 6.74. The van der Waals surface area contributed by atoms with Crippen LogP contribution in [0.1, 0.15) is 41.0 Å². The molecule has 0 atom stereocenters. The van der Waals surface area contributed by atoms with Crippen LogP contribution < -0.4 is 4.90 Å². The maximum Gasteiger partial charge on any atom is 0.265 e. The lowest BCUT2D eigenvalue weighted by atomic mass is 9.71. The highest BCUT2D eigenvalue weighted by Gasteiger charge is 2.46. The van der Waals surface area contributed by atoms with Crippen LogP contribution >= 0.6 is 11.3 Å². The predicted octanol–water partition coefficient (Wildman–Crippen LogP) is 3.64. The number of amides is 2. The summed E-state index contributed by atoms with van der Waals surface area (Å²) in [5, 5.41) is 0. The third kappa shape index (κ3) is 3.25. The van der Waals surface area contributed by atoms with Crippen molar-refractivity contribution in [2.24, 2.45) is 5.41 Å². The zero-order chi connectivity index (χ0) is 19.0. The van der Waals surface area contributed by atoms with Gasteiger partial charge < -0.3 is 9.80 Å². The molecule has 1 aromatic heterocycles. The van der Waals surface area contributed by atoms with Gasteiger partial charge in [0.25, 0.3) is 5.91 Å². The minimum absolute atomic E-state index is 0.0171. The number of hydrogen-bond acceptors (Lipinski definition) is 4. The van der Waals surface area contributed by atoms with Crippen LogP contribution in [0.2, 0.25) is 0 Å². The highest BCUT2D eigenvalue weighted by atomic mass is 32.1. The van der Waals surface area contributed by atoms with Crippen molar-refractivity contribution in [3.63, 3.8) is 0 Å². The Morgan fingerprint density at radius 3 is 2.48 bits per heavy atom. The van der Waals surface area contributed by atoms with E-state index in [4.69, 9.17) is 0 Å². The Morgan fingerprint density at radius 2 is 1.85 bits per heavy atom. The lowest BCUT2D eigenvalue weighted by molar-refractivity contribution is -0.133. The molecule has 5 nitrogen and oxygen atoms in total. The number of benzene rings is 1. The van der Waals surface area contributed by atoms with Gasteiger partial charge in [0.1, 0.15) is 10.7 Å². The Bertz CT molecular complexity index is 856. The molecule has 1 spiro atoms. The van der Waals surface area contributed by atoms with Gasteiger partial charge in [-0.05, 0) is 56.9 Å². The molecule has 142 valence electrons. The van der Waals surface area contributed by atoms with Gasteiger partial charge in [0, 0.05) is 25.3 Å². The molecule has 7 heteroatoms. The van der Waals surface area contributed by atoms with Crippen molar-refractivity contribution in [2.45, 2.75) is 32.6 Å². The molecule has 0 N–H and O–H groups in total. The Kier molecular flexibility index (Phi) is 4.72. The third-order valence-electron chi connectivity index (χ3n) is 5.82. The van der Waals surface area contributed by atoms with Crippen molar-refractivity contribution < 1.29 is 14.0 Å². The van der Waals surface area contributed by atoms with Crippen LogP contribution in [0.5, 0.6) is 0 Å². The Morgan fingerprint density at radius 1 is 1.15 bits per heavy atom. The molecule has 2 fully saturated rings. The standard InChI is InChI=1S/C20H22FN3O2S/c1-14-17(27-13-22-14)18(25)23-11-8-20(9-12-23)7-2-10-24(19(20)26)16-5-3-15(21)4-6-16/h3-6,13H,2,7-12H2,1H3. The van der Waals surface area contributed by atoms with E-state index in [1.165, 1.54) is 23.5 Å². The molecule has 3 heterocycles. The van der Waals surface area contributed by atoms with Gasteiger partial charge in [0.15, 0.2) is 0 Å². The number of carbonyl (C=O) groups excluding carboxylic acids is 2. The maximum absolute atomic E-state index is 13.3. The summed E-state index contributed by atoms with van der Waals surface area (Å²) >= 11 is 1.37. The molecule has 4 rings (SSSR count). The van der Waals surface area contributed by atoms with E-state index < -0.39 is 5.41 Å². The highest BCUT2D eigenvalue weighted by molar-refractivity contribution is 7.11. The Labute approximate surface area is 161 Å². The molecule has 0 unspecified atom stereocenters. The largest absolute Gasteiger partial charge is 0.338 e. The number of carbonyl (C=O) groups is 2. The summed E-state index contributed by atoms with van der Waals surface area (Å²) in [6.45, 7) is 3.67. The topological polar surface area (TPSA) is 53.5 Å². The first-order valence-electron chi connectivity index (χ1n) is 9.27. The molecule has 1 aromatic carbocycles. The van der Waals surface area contributed by atoms with Crippen LogP contribution in [0.4, 0.5) is 10.1 Å². The van der Waals surface area contributed by atoms with Crippen molar-refractivity contribution in [1.29, 1.82) is 0 Å². The molecule has 0 saturated carbocycles. The first-order valence-corrected chi connectivity index (χ1v) is 10.2. The number of anilines is 1. The maximum atomic E-state index is 13.3. The molecule has 2 aromatic rings. The van der Waals surface area contributed by atoms with Crippen LogP contribution in [-0.4, -0.2) is 41.3 Å². The first-order chi connectivity index (χ1) is 13.0. The number of aromatic nitrogens is 1. The summed E-state index contributed by atoms with van der Waals surface area (Å²) in [5.41, 5.74) is 2.80. The molecule has 0 radical (unpaired) electrons. The number of thiazole rings is 1. The first kappa shape index (κ1) is 18.1. The summed E-state index contributed by atoms with van der Waals surface area (Å²) in [7, 11) is 0. The van der Waals surface area contributed by atoms with E-state index in [1.807, 2.05) is 11.8 Å². The Balaban J connectivity index is 1.48. The van der Waals surface area contributed by atoms with E-state index in [2.05, 4.69) is 4.98 Å². The number of hydrogen-bond donors (Lipinski definition) is 0. The number of piperidine rings is 2. The fourth-order valence-corrected chi connectivity index (χ4v) is 4.96. The summed E-state index contributed by atoms with van der Waals surface area (Å²) < 4.78 is 13.2. The molecule has 2 saturated heterocycles. The molecular formula is C20H22FN3O2S. The summed E-state index contributed by atoms with van der Waals surface area (Å²) in [5.74, 6) is -0.173. The number of nitrogens with zero attached hydrogens (tertiary/aromatic N) is 3. The monoisotopic (exact) mass is 387 g/mol. The number of likely N-dealkylation sites (tertiary alicyclic amines) is 1. The highest BCUT2D eigenvalue weighted by Crippen LogP contribution is 2.42. The second-order valence-corrected chi connectivity index (χ2v) is 8.23. The summed E-state index contributed by atoms with van der Waals surface area (Å²) in [4.78, 5) is 34.5. The fourth-order valence-electron chi connectivity index (χ4n) is 4.19. The van der Waals surface area contributed by atoms with Gasteiger partial charge in [-0.25, -0.2) is 9.37 Å². The van der Waals surface area contributed by atoms with Gasteiger partial charge in [-0.1, -0.05) is 0 Å². The molecule has 2 aliphatic rings. The minimum atomic E-state index is -0.411. The lowest BCUT2D eigenvalue weighted by Gasteiger charge is -2.46. The molecule has 0 bridgehead atoms. The zero-order valence-corrected chi connectivity index (χ0v) is 16.1. The quantitative estimate of drug-likeness (QED) is 0.791. The van der Waals surface area contributed by atoms with E-state index >= 15 is 0 Å². The molecular weight excluding hydrogens is 365 g/mol. The summed E-state index contributed by atoms with van der Waals surface area (Å²) in [6.07, 6.45) is 3.12. The van der Waals surface area contributed by atoms with Crippen LogP contribution in [0.3, 0.4) is 0 Å². The van der Waals surface area contributed by atoms with Crippen molar-refractivity contribution in [1.82, 2.24) is 9.88 Å². The van der Waals surface area contributed by atoms with Gasteiger partial charge in [0.2, 0.25) is 5.91 Å². The predicted molar refractivity (Wildman–Crippen MR) is 102 cm³/mol. The molecule has 2 aliphatic heterocycles. The normalized spacial score (nSPS) is 19.6. The minimum Gasteiger partial charge on any atom is -0.338 e. The van der Waals surface area contributed by atoms with Gasteiger partial charge in [-0.2, -0.15) is 0 Å². The smallest absolute Gasteiger partial charge is 0.265 e. The average Bonchev–Trinajstić information content (AvgIpc) is 3.11. The van der Waals surface area contributed by atoms with Crippen molar-refractivity contribution in [3.8, 4) is 0 Å². The van der Waals surface area contributed by atoms with Gasteiger partial charge in [-0.3, -0.25) is 9.59 Å². The van der Waals surface area contributed by atoms with Crippen LogP contribution in [0.25, 0.3) is 0 Å². The van der Waals surface area contributed by atoms with Crippen LogP contribution in [0.15, 0.2) is 29.8 Å². The number of rotatable bonds is 2. The van der Waals surface area contributed by atoms with Crippen LogP contribution in [-0.2, 0) is 4.79 Å². The van der Waals surface area contributed by atoms with Gasteiger partial charge in [0.05, 0.1) is 16.6 Å². The zero-order valence-electron chi connectivity index (χ0n) is 15.3. The molecule has 2 amide bonds. The second kappa shape index (κ2) is 7.03. The summed E-state index contributed by atoms with van der Waals surface area (Å²) in [6, 6.07) is 6.11. The van der Waals surface area contributed by atoms with Gasteiger partial charge in [-0.15, -0.1) is 11.3 Å². The van der Waals surface area contributed by atoms with Gasteiger partial charge >= 0.3 is 0 Å². The number of halogens is 1. The lowest BCUT2D eigenvalue weighted by Crippen LogP contribution is -2.54. The fraction of sp³-hybridized carbons (Fsp3) is 0.450. The van der Waals surface area contributed by atoms with Crippen molar-refractivity contribution in [2.75, 3.05) is 24.5 Å². The number of aryl methyl sites for hydroxylation is 1. The average molecular weight is 387 g/mol. The van der Waals surface area contributed by atoms with E-state index in [0.717, 1.165) is 24.2 Å². The molecule has 0 aliphatic carbocycles. The van der Waals surface area contributed by atoms with E-state index in [9.17, 15) is 14.0 Å². The SMILES string of the molecule is Cc1ncsc1C(=O)N1CCC2(CCCN(c3ccc(F)cc3)C2=O)CC1. The van der Waals surface area contributed by atoms with Crippen molar-refractivity contribution in [3.05, 3.63) is 46.2 Å².